The molecule has 1 saturated heterocycles. The summed E-state index contributed by atoms with van der Waals surface area (Å²) in [4.78, 5) is 8.99. The molecule has 1 aliphatic heterocycles. The Kier molecular flexibility index (Phi) is 6.39. The molecule has 2 N–H and O–H groups in total. The van der Waals surface area contributed by atoms with Crippen LogP contribution in [0.15, 0.2) is 6.07 Å². The largest absolute Gasteiger partial charge is 0.377 e. The number of methoxy groups -OCH3 is 1. The average Bonchev–Trinajstić information content (AvgIpc) is 2.46. The SMILES string of the molecule is CCCNc1cc(NC2CCCSC2)nc(COC)n1. The predicted molar refractivity (Wildman–Crippen MR) is 85.5 cm³/mol. The first-order chi connectivity index (χ1) is 9.81. The zero-order valence-corrected chi connectivity index (χ0v) is 13.1. The van der Waals surface area contributed by atoms with Gasteiger partial charge in [0.2, 0.25) is 0 Å². The zero-order chi connectivity index (χ0) is 14.2. The molecule has 5 nitrogen and oxygen atoms in total. The highest BCUT2D eigenvalue weighted by Crippen LogP contribution is 2.21. The molecular formula is C14H24N4OS. The van der Waals surface area contributed by atoms with Gasteiger partial charge in [-0.25, -0.2) is 9.97 Å². The Labute approximate surface area is 125 Å². The number of hydrogen-bond acceptors (Lipinski definition) is 6. The van der Waals surface area contributed by atoms with Crippen LogP contribution in [0.1, 0.15) is 32.0 Å². The minimum absolute atomic E-state index is 0.440. The number of thioether (sulfide) groups is 1. The molecule has 6 heteroatoms. The highest BCUT2D eigenvalue weighted by molar-refractivity contribution is 7.99. The van der Waals surface area contributed by atoms with Crippen molar-refractivity contribution in [1.29, 1.82) is 0 Å². The van der Waals surface area contributed by atoms with Crippen molar-refractivity contribution < 1.29 is 4.74 Å². The lowest BCUT2D eigenvalue weighted by atomic mass is 10.2. The van der Waals surface area contributed by atoms with Gasteiger partial charge in [-0.05, 0) is 25.0 Å². The monoisotopic (exact) mass is 296 g/mol. The zero-order valence-electron chi connectivity index (χ0n) is 12.3. The predicted octanol–water partition coefficient (Wildman–Crippen LogP) is 2.75. The Balaban J connectivity index is 2.06. The molecule has 1 fully saturated rings. The van der Waals surface area contributed by atoms with E-state index in [1.54, 1.807) is 7.11 Å². The van der Waals surface area contributed by atoms with Crippen molar-refractivity contribution >= 4 is 23.4 Å². The van der Waals surface area contributed by atoms with E-state index in [9.17, 15) is 0 Å². The second-order valence-corrected chi connectivity index (χ2v) is 6.12. The lowest BCUT2D eigenvalue weighted by molar-refractivity contribution is 0.178. The van der Waals surface area contributed by atoms with Crippen molar-refractivity contribution in [3.05, 3.63) is 11.9 Å². The van der Waals surface area contributed by atoms with Crippen LogP contribution in [0.25, 0.3) is 0 Å². The van der Waals surface area contributed by atoms with Crippen molar-refractivity contribution in [2.75, 3.05) is 35.8 Å². The van der Waals surface area contributed by atoms with Crippen LogP contribution in [0.3, 0.4) is 0 Å². The molecule has 0 saturated carbocycles. The van der Waals surface area contributed by atoms with Gasteiger partial charge in [-0.1, -0.05) is 6.92 Å². The standard InChI is InChI=1S/C14H24N4OS/c1-3-6-15-12-8-13(18-14(17-12)9-19-2)16-11-5-4-7-20-10-11/h8,11H,3-7,9-10H2,1-2H3,(H2,15,16,17,18). The summed E-state index contributed by atoms with van der Waals surface area (Å²) in [6, 6.07) is 2.51. The number of ether oxygens (including phenoxy) is 1. The molecule has 0 spiro atoms. The van der Waals surface area contributed by atoms with Gasteiger partial charge in [-0.15, -0.1) is 0 Å². The van der Waals surface area contributed by atoms with Crippen molar-refractivity contribution in [3.63, 3.8) is 0 Å². The van der Waals surface area contributed by atoms with Gasteiger partial charge in [0, 0.05) is 31.5 Å². The topological polar surface area (TPSA) is 59.1 Å². The molecule has 0 aliphatic carbocycles. The lowest BCUT2D eigenvalue weighted by Crippen LogP contribution is -2.26. The third-order valence-corrected chi connectivity index (χ3v) is 4.33. The number of rotatable bonds is 7. The highest BCUT2D eigenvalue weighted by Gasteiger charge is 2.15. The summed E-state index contributed by atoms with van der Waals surface area (Å²) in [5, 5.41) is 6.85. The van der Waals surface area contributed by atoms with Crippen LogP contribution < -0.4 is 10.6 Å². The molecule has 0 bridgehead atoms. The molecule has 2 rings (SSSR count). The van der Waals surface area contributed by atoms with Gasteiger partial charge in [0.05, 0.1) is 0 Å². The maximum absolute atomic E-state index is 5.15. The Morgan fingerprint density at radius 3 is 2.95 bits per heavy atom. The molecule has 20 heavy (non-hydrogen) atoms. The fourth-order valence-electron chi connectivity index (χ4n) is 2.17. The highest BCUT2D eigenvalue weighted by atomic mass is 32.2. The molecule has 112 valence electrons. The summed E-state index contributed by atoms with van der Waals surface area (Å²) in [7, 11) is 1.67. The van der Waals surface area contributed by atoms with E-state index in [-0.39, 0.29) is 0 Å². The Bertz CT molecular complexity index is 410. The number of anilines is 2. The van der Waals surface area contributed by atoms with Gasteiger partial charge in [0.1, 0.15) is 18.2 Å². The van der Waals surface area contributed by atoms with E-state index in [0.29, 0.717) is 12.6 Å². The maximum Gasteiger partial charge on any atom is 0.158 e. The minimum atomic E-state index is 0.440. The normalized spacial score (nSPS) is 18.8. The van der Waals surface area contributed by atoms with Crippen molar-refractivity contribution in [3.8, 4) is 0 Å². The van der Waals surface area contributed by atoms with Gasteiger partial charge in [-0.3, -0.25) is 0 Å². The van der Waals surface area contributed by atoms with E-state index >= 15 is 0 Å². The Morgan fingerprint density at radius 1 is 1.40 bits per heavy atom. The van der Waals surface area contributed by atoms with Crippen LogP contribution in [0.5, 0.6) is 0 Å². The number of aromatic nitrogens is 2. The molecule has 1 aliphatic rings. The minimum Gasteiger partial charge on any atom is -0.377 e. The van der Waals surface area contributed by atoms with Crippen LogP contribution in [0.2, 0.25) is 0 Å². The van der Waals surface area contributed by atoms with Crippen LogP contribution in [0.4, 0.5) is 11.6 Å². The molecule has 1 atom stereocenters. The van der Waals surface area contributed by atoms with E-state index in [0.717, 1.165) is 36.2 Å². The second kappa shape index (κ2) is 8.32. The van der Waals surface area contributed by atoms with E-state index in [2.05, 4.69) is 27.5 Å². The van der Waals surface area contributed by atoms with Gasteiger partial charge < -0.3 is 15.4 Å². The van der Waals surface area contributed by atoms with Gasteiger partial charge in [0.15, 0.2) is 5.82 Å². The molecule has 0 amide bonds. The van der Waals surface area contributed by atoms with Crippen LogP contribution in [0, 0.1) is 0 Å². The third-order valence-electron chi connectivity index (χ3n) is 3.11. The van der Waals surface area contributed by atoms with Gasteiger partial charge >= 0.3 is 0 Å². The van der Waals surface area contributed by atoms with Gasteiger partial charge in [-0.2, -0.15) is 11.8 Å². The number of nitrogens with one attached hydrogen (secondary N) is 2. The summed E-state index contributed by atoms with van der Waals surface area (Å²) < 4.78 is 5.15. The molecule has 0 aromatic carbocycles. The first kappa shape index (κ1) is 15.4. The Morgan fingerprint density at radius 2 is 2.25 bits per heavy atom. The quantitative estimate of drug-likeness (QED) is 0.807. The molecular weight excluding hydrogens is 272 g/mol. The van der Waals surface area contributed by atoms with Crippen molar-refractivity contribution in [2.45, 2.75) is 38.8 Å². The average molecular weight is 296 g/mol. The summed E-state index contributed by atoms with van der Waals surface area (Å²) in [5.41, 5.74) is 0. The molecule has 1 aromatic rings. The summed E-state index contributed by atoms with van der Waals surface area (Å²) in [6.45, 7) is 3.50. The first-order valence-corrected chi connectivity index (χ1v) is 8.42. The van der Waals surface area contributed by atoms with Crippen LogP contribution in [-0.4, -0.2) is 41.2 Å². The number of hydrogen-bond donors (Lipinski definition) is 2. The molecule has 1 aromatic heterocycles. The maximum atomic E-state index is 5.15. The fraction of sp³-hybridized carbons (Fsp3) is 0.714. The van der Waals surface area contributed by atoms with Crippen LogP contribution in [-0.2, 0) is 11.3 Å². The van der Waals surface area contributed by atoms with E-state index in [4.69, 9.17) is 4.74 Å². The van der Waals surface area contributed by atoms with Gasteiger partial charge in [0.25, 0.3) is 0 Å². The molecule has 2 heterocycles. The second-order valence-electron chi connectivity index (χ2n) is 4.97. The fourth-order valence-corrected chi connectivity index (χ4v) is 3.24. The smallest absolute Gasteiger partial charge is 0.158 e. The first-order valence-electron chi connectivity index (χ1n) is 7.27. The van der Waals surface area contributed by atoms with E-state index in [1.807, 2.05) is 17.8 Å². The summed E-state index contributed by atoms with van der Waals surface area (Å²) >= 11 is 2.01. The Hall–Kier alpha value is -1.01. The van der Waals surface area contributed by atoms with Crippen LogP contribution >= 0.6 is 11.8 Å². The molecule has 0 radical (unpaired) electrons. The van der Waals surface area contributed by atoms with Crippen molar-refractivity contribution in [1.82, 2.24) is 9.97 Å². The van der Waals surface area contributed by atoms with E-state index in [1.165, 1.54) is 18.6 Å². The number of nitrogens with zero attached hydrogens (tertiary/aromatic N) is 2. The summed E-state index contributed by atoms with van der Waals surface area (Å²) in [6.07, 6.45) is 3.57. The lowest BCUT2D eigenvalue weighted by Gasteiger charge is -2.23. The summed E-state index contributed by atoms with van der Waals surface area (Å²) in [5.74, 6) is 4.93. The third kappa shape index (κ3) is 4.83. The van der Waals surface area contributed by atoms with Crippen molar-refractivity contribution in [2.24, 2.45) is 0 Å². The molecule has 1 unspecified atom stereocenters. The van der Waals surface area contributed by atoms with E-state index < -0.39 is 0 Å².